The van der Waals surface area contributed by atoms with E-state index in [9.17, 15) is 34.9 Å². The molecule has 3 aromatic carbocycles. The lowest BCUT2D eigenvalue weighted by atomic mass is 9.95. The number of hydrogen-bond donors (Lipinski definition) is 1. The third kappa shape index (κ3) is 3.81. The third-order valence-electron chi connectivity index (χ3n) is 5.25. The van der Waals surface area contributed by atoms with Crippen LogP contribution in [0.3, 0.4) is 0 Å². The fourth-order valence-electron chi connectivity index (χ4n) is 3.68. The number of rotatable bonds is 5. The molecule has 0 aromatic heterocycles. The van der Waals surface area contributed by atoms with Crippen molar-refractivity contribution in [3.05, 3.63) is 116 Å². The van der Waals surface area contributed by atoms with Gasteiger partial charge in [0.1, 0.15) is 5.76 Å². The molecule has 0 bridgehead atoms. The molecule has 10 heteroatoms. The van der Waals surface area contributed by atoms with Crippen molar-refractivity contribution in [2.24, 2.45) is 0 Å². The molecule has 0 aliphatic carbocycles. The van der Waals surface area contributed by atoms with Gasteiger partial charge in [-0.1, -0.05) is 30.3 Å². The average Bonchev–Trinajstić information content (AvgIpc) is 3.09. The van der Waals surface area contributed by atoms with Crippen LogP contribution in [0.1, 0.15) is 17.2 Å². The second-order valence-corrected chi connectivity index (χ2v) is 7.16. The topological polar surface area (TPSA) is 144 Å². The molecule has 33 heavy (non-hydrogen) atoms. The van der Waals surface area contributed by atoms with Crippen molar-refractivity contribution in [3.63, 3.8) is 0 Å². The molecule has 10 nitrogen and oxygen atoms in total. The Labute approximate surface area is 186 Å². The molecule has 0 radical (unpaired) electrons. The zero-order valence-corrected chi connectivity index (χ0v) is 16.8. The second kappa shape index (κ2) is 8.35. The van der Waals surface area contributed by atoms with Gasteiger partial charge < -0.3 is 5.11 Å². The van der Waals surface area contributed by atoms with Crippen LogP contribution in [0.4, 0.5) is 17.1 Å². The maximum absolute atomic E-state index is 13.0. The summed E-state index contributed by atoms with van der Waals surface area (Å²) in [5.74, 6) is -2.29. The van der Waals surface area contributed by atoms with Crippen molar-refractivity contribution in [2.45, 2.75) is 6.04 Å². The average molecular weight is 445 g/mol. The van der Waals surface area contributed by atoms with Gasteiger partial charge in [0.25, 0.3) is 23.1 Å². The van der Waals surface area contributed by atoms with E-state index in [1.54, 1.807) is 30.3 Å². The Kier molecular flexibility index (Phi) is 5.41. The third-order valence-corrected chi connectivity index (χ3v) is 5.25. The van der Waals surface area contributed by atoms with Gasteiger partial charge in [0, 0.05) is 35.5 Å². The largest absolute Gasteiger partial charge is 0.507 e. The lowest BCUT2D eigenvalue weighted by Gasteiger charge is -2.25. The van der Waals surface area contributed by atoms with Gasteiger partial charge in [0.2, 0.25) is 0 Å². The smallest absolute Gasteiger partial charge is 0.300 e. The van der Waals surface area contributed by atoms with Gasteiger partial charge in [-0.3, -0.25) is 34.7 Å². The number of hydrogen-bond acceptors (Lipinski definition) is 7. The van der Waals surface area contributed by atoms with Gasteiger partial charge in [-0.25, -0.2) is 0 Å². The minimum Gasteiger partial charge on any atom is -0.507 e. The summed E-state index contributed by atoms with van der Waals surface area (Å²) < 4.78 is 0. The Balaban J connectivity index is 1.91. The van der Waals surface area contributed by atoms with Crippen molar-refractivity contribution in [1.29, 1.82) is 0 Å². The first-order chi connectivity index (χ1) is 15.8. The number of nitro groups is 2. The number of nitro benzene ring substituents is 2. The number of carbonyl (C=O) groups excluding carboxylic acids is 2. The fraction of sp³-hybridized carbons (Fsp3) is 0.0435. The Morgan fingerprint density at radius 2 is 1.30 bits per heavy atom. The molecule has 1 saturated heterocycles. The van der Waals surface area contributed by atoms with Crippen LogP contribution in [0.5, 0.6) is 0 Å². The van der Waals surface area contributed by atoms with Gasteiger partial charge in [0.15, 0.2) is 0 Å². The maximum atomic E-state index is 13.0. The van der Waals surface area contributed by atoms with Crippen LogP contribution < -0.4 is 4.90 Å². The molecule has 1 heterocycles. The number of anilines is 1. The van der Waals surface area contributed by atoms with E-state index in [1.807, 2.05) is 0 Å². The molecule has 0 saturated carbocycles. The molecule has 1 atom stereocenters. The predicted octanol–water partition coefficient (Wildman–Crippen LogP) is 4.13. The monoisotopic (exact) mass is 445 g/mol. The fourth-order valence-corrected chi connectivity index (χ4v) is 3.68. The summed E-state index contributed by atoms with van der Waals surface area (Å²) in [6, 6.07) is 17.4. The van der Waals surface area contributed by atoms with Crippen molar-refractivity contribution >= 4 is 34.5 Å². The van der Waals surface area contributed by atoms with Crippen LogP contribution in [0.15, 0.2) is 84.4 Å². The Morgan fingerprint density at radius 1 is 0.788 bits per heavy atom. The van der Waals surface area contributed by atoms with Gasteiger partial charge in [-0.15, -0.1) is 0 Å². The maximum Gasteiger partial charge on any atom is 0.300 e. The van der Waals surface area contributed by atoms with Gasteiger partial charge >= 0.3 is 0 Å². The number of nitrogens with zero attached hydrogens (tertiary/aromatic N) is 3. The highest BCUT2D eigenvalue weighted by Gasteiger charge is 2.47. The normalized spacial score (nSPS) is 17.2. The molecule has 1 aliphatic rings. The minimum absolute atomic E-state index is 0.186. The number of aliphatic hydroxyl groups excluding tert-OH is 1. The van der Waals surface area contributed by atoms with Crippen LogP contribution in [0.25, 0.3) is 5.76 Å². The molecule has 164 valence electrons. The van der Waals surface area contributed by atoms with Crippen LogP contribution in [0.2, 0.25) is 0 Å². The molecule has 0 unspecified atom stereocenters. The van der Waals surface area contributed by atoms with E-state index in [0.717, 1.165) is 4.90 Å². The van der Waals surface area contributed by atoms with E-state index in [4.69, 9.17) is 0 Å². The Morgan fingerprint density at radius 3 is 1.82 bits per heavy atom. The van der Waals surface area contributed by atoms with E-state index < -0.39 is 33.3 Å². The highest BCUT2D eigenvalue weighted by Crippen LogP contribution is 2.42. The van der Waals surface area contributed by atoms with E-state index in [-0.39, 0.29) is 22.6 Å². The summed E-state index contributed by atoms with van der Waals surface area (Å²) in [6.07, 6.45) is 0. The Hall–Kier alpha value is -4.86. The predicted molar refractivity (Wildman–Crippen MR) is 117 cm³/mol. The SMILES string of the molecule is O=C1C(=O)N(c2ccc([N+](=O)[O-])cc2)[C@@H](c2ccc([N+](=O)[O-])cc2)/C1=C(\O)c1ccccc1. The van der Waals surface area contributed by atoms with Gasteiger partial charge in [-0.2, -0.15) is 0 Å². The number of amides is 1. The molecule has 1 aliphatic heterocycles. The second-order valence-electron chi connectivity index (χ2n) is 7.16. The summed E-state index contributed by atoms with van der Waals surface area (Å²) >= 11 is 0. The number of ketones is 1. The quantitative estimate of drug-likeness (QED) is 0.204. The van der Waals surface area contributed by atoms with E-state index >= 15 is 0 Å². The van der Waals surface area contributed by atoms with Crippen LogP contribution in [0, 0.1) is 20.2 Å². The number of non-ortho nitro benzene ring substituents is 2. The first-order valence-electron chi connectivity index (χ1n) is 9.65. The summed E-state index contributed by atoms with van der Waals surface area (Å²) in [7, 11) is 0. The Bertz CT molecular complexity index is 1300. The first-order valence-corrected chi connectivity index (χ1v) is 9.65. The first kappa shape index (κ1) is 21.4. The summed E-state index contributed by atoms with van der Waals surface area (Å²) in [4.78, 5) is 48.0. The lowest BCUT2D eigenvalue weighted by Crippen LogP contribution is -2.29. The lowest BCUT2D eigenvalue weighted by molar-refractivity contribution is -0.385. The summed E-state index contributed by atoms with van der Waals surface area (Å²) in [6.45, 7) is 0. The summed E-state index contributed by atoms with van der Waals surface area (Å²) in [5, 5.41) is 33.0. The number of Topliss-reactive ketones (excluding diaryl/α,β-unsaturated/α-hetero) is 1. The number of aliphatic hydroxyl groups is 1. The van der Waals surface area contributed by atoms with Crippen molar-refractivity contribution in [3.8, 4) is 0 Å². The van der Waals surface area contributed by atoms with Gasteiger partial charge in [0.05, 0.1) is 21.5 Å². The molecular formula is C23H15N3O7. The standard InChI is InChI=1S/C23H15N3O7/c27-21(15-4-2-1-3-5-15)19-20(14-6-8-17(9-7-14)25(30)31)24(23(29)22(19)28)16-10-12-18(13-11-16)26(32)33/h1-13,20,27H/b21-19+/t20-/m0/s1. The number of carbonyl (C=O) groups is 2. The van der Waals surface area contributed by atoms with Gasteiger partial charge in [-0.05, 0) is 29.8 Å². The van der Waals surface area contributed by atoms with Crippen molar-refractivity contribution in [2.75, 3.05) is 4.90 Å². The molecular weight excluding hydrogens is 430 g/mol. The van der Waals surface area contributed by atoms with Crippen LogP contribution in [-0.4, -0.2) is 26.6 Å². The van der Waals surface area contributed by atoms with Crippen molar-refractivity contribution in [1.82, 2.24) is 0 Å². The zero-order chi connectivity index (χ0) is 23.7. The zero-order valence-electron chi connectivity index (χ0n) is 16.8. The molecule has 3 aromatic rings. The van der Waals surface area contributed by atoms with E-state index in [1.165, 1.54) is 48.5 Å². The molecule has 1 fully saturated rings. The molecule has 4 rings (SSSR count). The minimum atomic E-state index is -1.10. The van der Waals surface area contributed by atoms with Crippen molar-refractivity contribution < 1.29 is 24.5 Å². The van der Waals surface area contributed by atoms with Crippen LogP contribution >= 0.6 is 0 Å². The highest BCUT2D eigenvalue weighted by molar-refractivity contribution is 6.51. The highest BCUT2D eigenvalue weighted by atomic mass is 16.6. The van der Waals surface area contributed by atoms with E-state index in [0.29, 0.717) is 11.1 Å². The molecule has 0 spiro atoms. The van der Waals surface area contributed by atoms with Crippen LogP contribution in [-0.2, 0) is 9.59 Å². The van der Waals surface area contributed by atoms with E-state index in [2.05, 4.69) is 0 Å². The molecule has 1 N–H and O–H groups in total. The molecule has 1 amide bonds. The number of benzene rings is 3. The summed E-state index contributed by atoms with van der Waals surface area (Å²) in [5.41, 5.74) is 0.263.